The van der Waals surface area contributed by atoms with Crippen molar-refractivity contribution in [3.8, 4) is 5.75 Å². The fraction of sp³-hybridized carbons (Fsp3) is 0.130. The number of hydrogen-bond donors (Lipinski definition) is 1. The van der Waals surface area contributed by atoms with Gasteiger partial charge in [0.25, 0.3) is 11.8 Å². The molecule has 1 aliphatic heterocycles. The highest BCUT2D eigenvalue weighted by Crippen LogP contribution is 2.40. The van der Waals surface area contributed by atoms with Gasteiger partial charge in [-0.05, 0) is 53.8 Å². The van der Waals surface area contributed by atoms with Crippen LogP contribution >= 0.6 is 22.9 Å². The lowest BCUT2D eigenvalue weighted by Gasteiger charge is -2.18. The van der Waals surface area contributed by atoms with Gasteiger partial charge in [0.1, 0.15) is 11.4 Å². The number of carbonyl (C=O) groups excluding carboxylic acids is 2. The van der Waals surface area contributed by atoms with Gasteiger partial charge < -0.3 is 10.1 Å². The number of carbonyl (C=O) groups is 2. The fourth-order valence-corrected chi connectivity index (χ4v) is 4.25. The summed E-state index contributed by atoms with van der Waals surface area (Å²) < 4.78 is 5.37. The number of aryl methyl sites for hydroxylation is 1. The van der Waals surface area contributed by atoms with E-state index in [2.05, 4.69) is 12.2 Å². The van der Waals surface area contributed by atoms with Crippen molar-refractivity contribution in [3.05, 3.63) is 81.1 Å². The van der Waals surface area contributed by atoms with Crippen molar-refractivity contribution in [2.75, 3.05) is 17.3 Å². The van der Waals surface area contributed by atoms with E-state index in [0.717, 1.165) is 17.0 Å². The van der Waals surface area contributed by atoms with Gasteiger partial charge in [0.15, 0.2) is 0 Å². The summed E-state index contributed by atoms with van der Waals surface area (Å²) in [6, 6.07) is 16.3. The van der Waals surface area contributed by atoms with Gasteiger partial charge in [0.05, 0.1) is 18.4 Å². The van der Waals surface area contributed by atoms with Crippen LogP contribution in [0.25, 0.3) is 5.57 Å². The number of halogens is 1. The molecule has 152 valence electrons. The standard InChI is InChI=1S/C23H19ClN2O3S/c1-3-14-6-9-16(10-7-14)25-21-20(19-5-4-12-30-19)22(27)26(23(21)28)17-13-15(24)8-11-18(17)29-2/h4-13,25H,3H2,1-2H3. The zero-order valence-corrected chi connectivity index (χ0v) is 18.0. The Kier molecular flexibility index (Phi) is 5.61. The number of ether oxygens (including phenoxy) is 1. The SMILES string of the molecule is CCc1ccc(NC2=C(c3cccs3)C(=O)N(c3cc(Cl)ccc3OC)C2=O)cc1. The number of hydrogen-bond acceptors (Lipinski definition) is 5. The number of thiophene rings is 1. The van der Waals surface area contributed by atoms with Gasteiger partial charge in [-0.3, -0.25) is 9.59 Å². The Hall–Kier alpha value is -3.09. The monoisotopic (exact) mass is 438 g/mol. The molecule has 2 heterocycles. The summed E-state index contributed by atoms with van der Waals surface area (Å²) in [7, 11) is 1.49. The van der Waals surface area contributed by atoms with Crippen molar-refractivity contribution in [2.45, 2.75) is 13.3 Å². The maximum atomic E-state index is 13.4. The summed E-state index contributed by atoms with van der Waals surface area (Å²) in [6.07, 6.45) is 0.920. The molecule has 2 amide bonds. The number of rotatable bonds is 6. The van der Waals surface area contributed by atoms with Crippen LogP contribution in [0.3, 0.4) is 0 Å². The van der Waals surface area contributed by atoms with Gasteiger partial charge in [0, 0.05) is 15.6 Å². The van der Waals surface area contributed by atoms with Gasteiger partial charge in [-0.25, -0.2) is 4.90 Å². The average Bonchev–Trinajstić information content (AvgIpc) is 3.35. The lowest BCUT2D eigenvalue weighted by Crippen LogP contribution is -2.32. The van der Waals surface area contributed by atoms with E-state index in [9.17, 15) is 9.59 Å². The third kappa shape index (κ3) is 3.60. The van der Waals surface area contributed by atoms with Gasteiger partial charge in [0.2, 0.25) is 0 Å². The number of nitrogens with one attached hydrogen (secondary N) is 1. The first kappa shape index (κ1) is 20.2. The van der Waals surface area contributed by atoms with E-state index in [0.29, 0.717) is 26.9 Å². The number of anilines is 2. The van der Waals surface area contributed by atoms with Gasteiger partial charge in [-0.1, -0.05) is 36.7 Å². The normalized spacial score (nSPS) is 13.9. The Morgan fingerprint density at radius 1 is 1.07 bits per heavy atom. The number of amides is 2. The molecule has 0 atom stereocenters. The molecule has 0 saturated carbocycles. The summed E-state index contributed by atoms with van der Waals surface area (Å²) in [4.78, 5) is 28.7. The molecule has 0 fully saturated rings. The third-order valence-electron chi connectivity index (χ3n) is 4.86. The smallest absolute Gasteiger partial charge is 0.282 e. The van der Waals surface area contributed by atoms with Crippen LogP contribution in [0.15, 0.2) is 65.7 Å². The molecule has 30 heavy (non-hydrogen) atoms. The molecule has 3 aromatic rings. The molecule has 5 nitrogen and oxygen atoms in total. The van der Waals surface area contributed by atoms with Crippen molar-refractivity contribution in [1.29, 1.82) is 0 Å². The van der Waals surface area contributed by atoms with Crippen molar-refractivity contribution in [3.63, 3.8) is 0 Å². The quantitative estimate of drug-likeness (QED) is 0.525. The lowest BCUT2D eigenvalue weighted by atomic mass is 10.1. The van der Waals surface area contributed by atoms with Crippen molar-refractivity contribution in [1.82, 2.24) is 0 Å². The minimum Gasteiger partial charge on any atom is -0.495 e. The minimum absolute atomic E-state index is 0.230. The molecule has 1 N–H and O–H groups in total. The van der Waals surface area contributed by atoms with Crippen LogP contribution in [0.2, 0.25) is 5.02 Å². The van der Waals surface area contributed by atoms with Crippen LogP contribution in [-0.4, -0.2) is 18.9 Å². The minimum atomic E-state index is -0.455. The fourth-order valence-electron chi connectivity index (χ4n) is 3.32. The van der Waals surface area contributed by atoms with Crippen LogP contribution in [0.1, 0.15) is 17.4 Å². The summed E-state index contributed by atoms with van der Waals surface area (Å²) >= 11 is 7.55. The first-order chi connectivity index (χ1) is 14.5. The molecule has 0 bridgehead atoms. The number of methoxy groups -OCH3 is 1. The maximum Gasteiger partial charge on any atom is 0.282 e. The van der Waals surface area contributed by atoms with Gasteiger partial charge in [-0.2, -0.15) is 0 Å². The van der Waals surface area contributed by atoms with E-state index in [1.807, 2.05) is 41.8 Å². The maximum absolute atomic E-state index is 13.4. The second-order valence-corrected chi connectivity index (χ2v) is 8.05. The van der Waals surface area contributed by atoms with Crippen molar-refractivity contribution >= 4 is 51.7 Å². The lowest BCUT2D eigenvalue weighted by molar-refractivity contribution is -0.120. The van der Waals surface area contributed by atoms with Crippen LogP contribution < -0.4 is 15.0 Å². The molecule has 1 aliphatic rings. The highest BCUT2D eigenvalue weighted by Gasteiger charge is 2.42. The second-order valence-electron chi connectivity index (χ2n) is 6.66. The van der Waals surface area contributed by atoms with E-state index >= 15 is 0 Å². The zero-order valence-electron chi connectivity index (χ0n) is 16.4. The van der Waals surface area contributed by atoms with Crippen LogP contribution in [0.5, 0.6) is 5.75 Å². The van der Waals surface area contributed by atoms with E-state index in [-0.39, 0.29) is 5.70 Å². The molecule has 1 aromatic heterocycles. The molecular weight excluding hydrogens is 420 g/mol. The molecular formula is C23H19ClN2O3S. The number of nitrogens with zero attached hydrogens (tertiary/aromatic N) is 1. The predicted molar refractivity (Wildman–Crippen MR) is 121 cm³/mol. The Morgan fingerprint density at radius 3 is 2.47 bits per heavy atom. The molecule has 2 aromatic carbocycles. The third-order valence-corrected chi connectivity index (χ3v) is 5.99. The molecule has 0 aliphatic carbocycles. The van der Waals surface area contributed by atoms with E-state index in [1.165, 1.54) is 24.0 Å². The van der Waals surface area contributed by atoms with Crippen LogP contribution in [-0.2, 0) is 16.0 Å². The molecule has 0 unspecified atom stereocenters. The van der Waals surface area contributed by atoms with Gasteiger partial charge in [-0.15, -0.1) is 11.3 Å². The number of imide groups is 1. The summed E-state index contributed by atoms with van der Waals surface area (Å²) in [5.41, 5.74) is 2.79. The van der Waals surface area contributed by atoms with Crippen LogP contribution in [0, 0.1) is 0 Å². The van der Waals surface area contributed by atoms with Crippen molar-refractivity contribution in [2.24, 2.45) is 0 Å². The summed E-state index contributed by atoms with van der Waals surface area (Å²) in [5, 5.41) is 5.44. The van der Waals surface area contributed by atoms with Crippen LogP contribution in [0.4, 0.5) is 11.4 Å². The second kappa shape index (κ2) is 8.34. The van der Waals surface area contributed by atoms with E-state index in [1.54, 1.807) is 18.2 Å². The Balaban J connectivity index is 1.80. The van der Waals surface area contributed by atoms with Gasteiger partial charge >= 0.3 is 0 Å². The topological polar surface area (TPSA) is 58.6 Å². The Bertz CT molecular complexity index is 1140. The Morgan fingerprint density at radius 2 is 1.83 bits per heavy atom. The first-order valence-corrected chi connectivity index (χ1v) is 10.7. The molecule has 0 radical (unpaired) electrons. The van der Waals surface area contributed by atoms with E-state index < -0.39 is 11.8 Å². The predicted octanol–water partition coefficient (Wildman–Crippen LogP) is 5.37. The average molecular weight is 439 g/mol. The largest absolute Gasteiger partial charge is 0.495 e. The zero-order chi connectivity index (χ0) is 21.3. The Labute approximate surface area is 183 Å². The molecule has 0 saturated heterocycles. The summed E-state index contributed by atoms with van der Waals surface area (Å²) in [6.45, 7) is 2.08. The highest BCUT2D eigenvalue weighted by atomic mass is 35.5. The molecule has 4 rings (SSSR count). The molecule has 7 heteroatoms. The highest BCUT2D eigenvalue weighted by molar-refractivity contribution is 7.11. The molecule has 0 spiro atoms. The number of benzene rings is 2. The first-order valence-electron chi connectivity index (χ1n) is 9.40. The van der Waals surface area contributed by atoms with Crippen molar-refractivity contribution < 1.29 is 14.3 Å². The summed E-state index contributed by atoms with van der Waals surface area (Å²) in [5.74, 6) is -0.487. The van der Waals surface area contributed by atoms with E-state index in [4.69, 9.17) is 16.3 Å².